The number of nitrogens with zero attached hydrogens (tertiary/aromatic N) is 1. The average molecular weight is 383 g/mol. The minimum atomic E-state index is -0.802. The number of carboxylic acid groups (broad SMARTS) is 1. The van der Waals surface area contributed by atoms with Gasteiger partial charge in [0.2, 0.25) is 5.91 Å². The Bertz CT molecular complexity index is 585. The Labute approximate surface area is 145 Å². The van der Waals surface area contributed by atoms with Crippen molar-refractivity contribution in [3.05, 3.63) is 33.8 Å². The van der Waals surface area contributed by atoms with Gasteiger partial charge in [-0.3, -0.25) is 14.5 Å². The lowest BCUT2D eigenvalue weighted by molar-refractivity contribution is -0.139. The maximum atomic E-state index is 12.1. The van der Waals surface area contributed by atoms with Gasteiger partial charge in [0.1, 0.15) is 0 Å². The third kappa shape index (κ3) is 5.04. The number of carboxylic acids is 1. The number of aryl methyl sites for hydroxylation is 1. The standard InChI is InChI=1S/C17H23BrN2O3/c1-3-20(10-17(22)23)14-8-13(9-14)19-16(21)7-12-5-4-11(2)15(18)6-12/h4-6,13-14H,3,7-10H2,1-2H3,(H,19,21)(H,22,23). The Morgan fingerprint density at radius 2 is 2.09 bits per heavy atom. The number of halogens is 1. The van der Waals surface area contributed by atoms with E-state index in [0.717, 1.165) is 35.0 Å². The predicted octanol–water partition coefficient (Wildman–Crippen LogP) is 2.35. The van der Waals surface area contributed by atoms with Crippen molar-refractivity contribution >= 4 is 27.8 Å². The summed E-state index contributed by atoms with van der Waals surface area (Å²) in [7, 11) is 0. The zero-order valence-electron chi connectivity index (χ0n) is 13.5. The van der Waals surface area contributed by atoms with Crippen LogP contribution in [0.4, 0.5) is 0 Å². The number of likely N-dealkylation sites (N-methyl/N-ethyl adjacent to an activating group) is 1. The van der Waals surface area contributed by atoms with Crippen molar-refractivity contribution in [1.29, 1.82) is 0 Å². The van der Waals surface area contributed by atoms with Crippen LogP contribution in [0.3, 0.4) is 0 Å². The smallest absolute Gasteiger partial charge is 0.317 e. The van der Waals surface area contributed by atoms with Crippen molar-refractivity contribution in [2.24, 2.45) is 0 Å². The molecule has 0 aliphatic heterocycles. The van der Waals surface area contributed by atoms with Gasteiger partial charge in [-0.2, -0.15) is 0 Å². The summed E-state index contributed by atoms with van der Waals surface area (Å²) in [6.07, 6.45) is 2.02. The van der Waals surface area contributed by atoms with Crippen molar-refractivity contribution in [3.63, 3.8) is 0 Å². The third-order valence-electron chi connectivity index (χ3n) is 4.34. The maximum absolute atomic E-state index is 12.1. The second-order valence-corrected chi connectivity index (χ2v) is 6.96. The van der Waals surface area contributed by atoms with Gasteiger partial charge in [-0.05, 0) is 43.5 Å². The lowest BCUT2D eigenvalue weighted by Crippen LogP contribution is -2.55. The fraction of sp³-hybridized carbons (Fsp3) is 0.529. The SMILES string of the molecule is CCN(CC(=O)O)C1CC(NC(=O)Cc2ccc(C)c(Br)c2)C1. The highest BCUT2D eigenvalue weighted by Crippen LogP contribution is 2.25. The molecule has 2 N–H and O–H groups in total. The van der Waals surface area contributed by atoms with Crippen LogP contribution in [0.25, 0.3) is 0 Å². The topological polar surface area (TPSA) is 69.6 Å². The Morgan fingerprint density at radius 1 is 1.39 bits per heavy atom. The number of carbonyl (C=O) groups is 2. The van der Waals surface area contributed by atoms with Gasteiger partial charge in [-0.15, -0.1) is 0 Å². The van der Waals surface area contributed by atoms with Gasteiger partial charge in [0.25, 0.3) is 0 Å². The van der Waals surface area contributed by atoms with Crippen LogP contribution in [0.2, 0.25) is 0 Å². The van der Waals surface area contributed by atoms with E-state index in [0.29, 0.717) is 6.42 Å². The number of carbonyl (C=O) groups excluding carboxylic acids is 1. The first kappa shape index (κ1) is 17.9. The second kappa shape index (κ2) is 7.93. The number of benzene rings is 1. The van der Waals surface area contributed by atoms with Crippen molar-refractivity contribution in [2.75, 3.05) is 13.1 Å². The van der Waals surface area contributed by atoms with Gasteiger partial charge < -0.3 is 10.4 Å². The van der Waals surface area contributed by atoms with Gasteiger partial charge >= 0.3 is 5.97 Å². The van der Waals surface area contributed by atoms with Gasteiger partial charge in [-0.25, -0.2) is 0 Å². The average Bonchev–Trinajstić information content (AvgIpc) is 2.44. The minimum absolute atomic E-state index is 0.0190. The Morgan fingerprint density at radius 3 is 2.65 bits per heavy atom. The summed E-state index contributed by atoms with van der Waals surface area (Å²) < 4.78 is 1.01. The molecule has 0 heterocycles. The minimum Gasteiger partial charge on any atom is -0.480 e. The molecular formula is C17H23BrN2O3. The van der Waals surface area contributed by atoms with Crippen molar-refractivity contribution in [2.45, 2.75) is 45.2 Å². The van der Waals surface area contributed by atoms with Crippen LogP contribution in [0.5, 0.6) is 0 Å². The fourth-order valence-corrected chi connectivity index (χ4v) is 3.31. The van der Waals surface area contributed by atoms with Crippen molar-refractivity contribution < 1.29 is 14.7 Å². The molecule has 1 amide bonds. The second-order valence-electron chi connectivity index (χ2n) is 6.11. The molecule has 1 aliphatic rings. The van der Waals surface area contributed by atoms with Gasteiger partial charge in [0, 0.05) is 16.6 Å². The molecule has 1 saturated carbocycles. The van der Waals surface area contributed by atoms with Crippen LogP contribution in [0.15, 0.2) is 22.7 Å². The largest absolute Gasteiger partial charge is 0.480 e. The number of rotatable bonds is 7. The van der Waals surface area contributed by atoms with Crippen LogP contribution in [-0.4, -0.2) is 47.1 Å². The molecule has 5 nitrogen and oxygen atoms in total. The zero-order valence-corrected chi connectivity index (χ0v) is 15.1. The number of aliphatic carboxylic acids is 1. The number of amides is 1. The Balaban J connectivity index is 1.77. The summed E-state index contributed by atoms with van der Waals surface area (Å²) in [5, 5.41) is 11.9. The molecule has 1 aliphatic carbocycles. The number of hydrogen-bond donors (Lipinski definition) is 2. The quantitative estimate of drug-likeness (QED) is 0.759. The van der Waals surface area contributed by atoms with E-state index in [4.69, 9.17) is 5.11 Å². The van der Waals surface area contributed by atoms with E-state index in [2.05, 4.69) is 21.2 Å². The normalized spacial score (nSPS) is 20.2. The monoisotopic (exact) mass is 382 g/mol. The Kier molecular flexibility index (Phi) is 6.18. The zero-order chi connectivity index (χ0) is 17.0. The molecule has 6 heteroatoms. The molecule has 126 valence electrons. The first-order chi connectivity index (χ1) is 10.9. The van der Waals surface area contributed by atoms with E-state index in [1.165, 1.54) is 0 Å². The van der Waals surface area contributed by atoms with Crippen LogP contribution in [0, 0.1) is 6.92 Å². The highest BCUT2D eigenvalue weighted by atomic mass is 79.9. The molecular weight excluding hydrogens is 360 g/mol. The molecule has 0 unspecified atom stereocenters. The van der Waals surface area contributed by atoms with Crippen molar-refractivity contribution in [3.8, 4) is 0 Å². The number of hydrogen-bond acceptors (Lipinski definition) is 3. The summed E-state index contributed by atoms with van der Waals surface area (Å²) in [6, 6.07) is 6.36. The number of nitrogens with one attached hydrogen (secondary N) is 1. The highest BCUT2D eigenvalue weighted by molar-refractivity contribution is 9.10. The summed E-state index contributed by atoms with van der Waals surface area (Å²) in [6.45, 7) is 4.76. The summed E-state index contributed by atoms with van der Waals surface area (Å²) >= 11 is 3.48. The van der Waals surface area contributed by atoms with Gasteiger partial charge in [0.15, 0.2) is 0 Å². The summed E-state index contributed by atoms with van der Waals surface area (Å²) in [5.41, 5.74) is 2.13. The molecule has 0 radical (unpaired) electrons. The van der Waals surface area contributed by atoms with Crippen LogP contribution < -0.4 is 5.32 Å². The van der Waals surface area contributed by atoms with E-state index in [-0.39, 0.29) is 24.5 Å². The maximum Gasteiger partial charge on any atom is 0.317 e. The van der Waals surface area contributed by atoms with Crippen molar-refractivity contribution in [1.82, 2.24) is 10.2 Å². The molecule has 1 fully saturated rings. The molecule has 1 aromatic rings. The van der Waals surface area contributed by atoms with E-state index in [1.807, 2.05) is 36.9 Å². The molecule has 0 aromatic heterocycles. The first-order valence-electron chi connectivity index (χ1n) is 7.89. The van der Waals surface area contributed by atoms with Crippen LogP contribution in [0.1, 0.15) is 30.9 Å². The van der Waals surface area contributed by atoms with E-state index in [1.54, 1.807) is 0 Å². The molecule has 0 bridgehead atoms. The third-order valence-corrected chi connectivity index (χ3v) is 5.19. The lowest BCUT2D eigenvalue weighted by atomic mass is 9.85. The molecule has 0 spiro atoms. The fourth-order valence-electron chi connectivity index (χ4n) is 2.89. The van der Waals surface area contributed by atoms with Gasteiger partial charge in [0.05, 0.1) is 13.0 Å². The highest BCUT2D eigenvalue weighted by Gasteiger charge is 2.34. The van der Waals surface area contributed by atoms with Crippen LogP contribution >= 0.6 is 15.9 Å². The predicted molar refractivity (Wildman–Crippen MR) is 92.4 cm³/mol. The van der Waals surface area contributed by atoms with Gasteiger partial charge in [-0.1, -0.05) is 35.0 Å². The van der Waals surface area contributed by atoms with E-state index in [9.17, 15) is 9.59 Å². The molecule has 2 rings (SSSR count). The molecule has 23 heavy (non-hydrogen) atoms. The lowest BCUT2D eigenvalue weighted by Gasteiger charge is -2.42. The molecule has 0 atom stereocenters. The summed E-state index contributed by atoms with van der Waals surface area (Å²) in [4.78, 5) is 24.9. The molecule has 0 saturated heterocycles. The van der Waals surface area contributed by atoms with Crippen LogP contribution in [-0.2, 0) is 16.0 Å². The molecule has 1 aromatic carbocycles. The Hall–Kier alpha value is -1.40. The van der Waals surface area contributed by atoms with E-state index >= 15 is 0 Å². The van der Waals surface area contributed by atoms with E-state index < -0.39 is 5.97 Å². The summed E-state index contributed by atoms with van der Waals surface area (Å²) in [5.74, 6) is -0.783. The first-order valence-corrected chi connectivity index (χ1v) is 8.68.